The van der Waals surface area contributed by atoms with Crippen LogP contribution in [-0.2, 0) is 11.3 Å². The van der Waals surface area contributed by atoms with Gasteiger partial charge < -0.3 is 16.2 Å². The van der Waals surface area contributed by atoms with Crippen LogP contribution in [0.1, 0.15) is 18.4 Å². The predicted molar refractivity (Wildman–Crippen MR) is 105 cm³/mol. The standard InChI is InChI=1S/C17H26BCl2N3O2/c18-5-1-2-13-10-23(11-17(13,21)16(24)25)7-6-22-9-12-3-4-14(19)15(20)8-12/h3-4,8,13,22H,1-2,5-7,9-11,18,21H2,(H,24,25)/t13-,17-/m0/s1. The maximum Gasteiger partial charge on any atom is 0.325 e. The minimum atomic E-state index is -1.13. The third kappa shape index (κ3) is 5.34. The van der Waals surface area contributed by atoms with Crippen molar-refractivity contribution in [3.63, 3.8) is 0 Å². The van der Waals surface area contributed by atoms with Crippen LogP contribution in [0, 0.1) is 5.92 Å². The average molecular weight is 386 g/mol. The van der Waals surface area contributed by atoms with Crippen LogP contribution in [0.2, 0.25) is 16.4 Å². The van der Waals surface area contributed by atoms with Gasteiger partial charge in [0.15, 0.2) is 0 Å². The van der Waals surface area contributed by atoms with Gasteiger partial charge in [0.25, 0.3) is 0 Å². The molecule has 0 radical (unpaired) electrons. The number of hydrogen-bond acceptors (Lipinski definition) is 4. The molecule has 0 amide bonds. The van der Waals surface area contributed by atoms with Gasteiger partial charge in [-0.1, -0.05) is 42.0 Å². The highest BCUT2D eigenvalue weighted by Crippen LogP contribution is 2.30. The average Bonchev–Trinajstić information content (AvgIpc) is 2.90. The molecule has 8 heteroatoms. The molecule has 1 aliphatic rings. The van der Waals surface area contributed by atoms with Crippen molar-refractivity contribution < 1.29 is 9.90 Å². The highest BCUT2D eigenvalue weighted by atomic mass is 35.5. The van der Waals surface area contributed by atoms with Crippen LogP contribution in [0.25, 0.3) is 0 Å². The lowest BCUT2D eigenvalue weighted by Gasteiger charge is -2.25. The summed E-state index contributed by atoms with van der Waals surface area (Å²) in [6.07, 6.45) is 2.93. The second-order valence-electron chi connectivity index (χ2n) is 6.85. The Morgan fingerprint density at radius 2 is 2.20 bits per heavy atom. The molecule has 1 aliphatic heterocycles. The van der Waals surface area contributed by atoms with Gasteiger partial charge in [-0.25, -0.2) is 0 Å². The monoisotopic (exact) mass is 385 g/mol. The first-order valence-electron chi connectivity index (χ1n) is 8.76. The molecular weight excluding hydrogens is 360 g/mol. The van der Waals surface area contributed by atoms with Gasteiger partial charge in [0.1, 0.15) is 13.4 Å². The fourth-order valence-electron chi connectivity index (χ4n) is 3.37. The van der Waals surface area contributed by atoms with E-state index in [1.807, 2.05) is 12.1 Å². The molecule has 0 aromatic heterocycles. The molecule has 1 saturated heterocycles. The Balaban J connectivity index is 1.80. The zero-order valence-electron chi connectivity index (χ0n) is 14.6. The van der Waals surface area contributed by atoms with Crippen LogP contribution in [0.4, 0.5) is 0 Å². The molecule has 1 heterocycles. The molecule has 1 fully saturated rings. The largest absolute Gasteiger partial charge is 0.480 e. The van der Waals surface area contributed by atoms with E-state index in [9.17, 15) is 9.90 Å². The molecular formula is C17H26BCl2N3O2. The van der Waals surface area contributed by atoms with Crippen LogP contribution in [0.15, 0.2) is 18.2 Å². The number of carboxylic acid groups (broad SMARTS) is 1. The number of rotatable bonds is 9. The zero-order valence-corrected chi connectivity index (χ0v) is 16.1. The molecule has 2 rings (SSSR count). The third-order valence-electron chi connectivity index (χ3n) is 4.91. The fourth-order valence-corrected chi connectivity index (χ4v) is 3.69. The van der Waals surface area contributed by atoms with Gasteiger partial charge in [-0.05, 0) is 24.1 Å². The number of hydrogen-bond donors (Lipinski definition) is 3. The predicted octanol–water partition coefficient (Wildman–Crippen LogP) is 1.63. The molecule has 2 atom stereocenters. The lowest BCUT2D eigenvalue weighted by molar-refractivity contribution is -0.144. The summed E-state index contributed by atoms with van der Waals surface area (Å²) in [5.41, 5.74) is 6.15. The van der Waals surface area contributed by atoms with Crippen molar-refractivity contribution in [3.05, 3.63) is 33.8 Å². The molecule has 138 valence electrons. The Morgan fingerprint density at radius 1 is 1.44 bits per heavy atom. The summed E-state index contributed by atoms with van der Waals surface area (Å²) < 4.78 is 0. The van der Waals surface area contributed by atoms with Gasteiger partial charge in [-0.15, -0.1) is 0 Å². The summed E-state index contributed by atoms with van der Waals surface area (Å²) >= 11 is 11.9. The summed E-state index contributed by atoms with van der Waals surface area (Å²) in [6, 6.07) is 5.57. The number of aliphatic carboxylic acids is 1. The highest BCUT2D eigenvalue weighted by molar-refractivity contribution is 6.42. The lowest BCUT2D eigenvalue weighted by Crippen LogP contribution is -2.54. The quantitative estimate of drug-likeness (QED) is 0.444. The van der Waals surface area contributed by atoms with Crippen molar-refractivity contribution >= 4 is 37.0 Å². The number of carbonyl (C=O) groups is 1. The maximum absolute atomic E-state index is 11.6. The van der Waals surface area contributed by atoms with E-state index in [-0.39, 0.29) is 5.92 Å². The van der Waals surface area contributed by atoms with Gasteiger partial charge in [-0.2, -0.15) is 0 Å². The number of nitrogens with two attached hydrogens (primary N) is 1. The van der Waals surface area contributed by atoms with E-state index in [2.05, 4.69) is 18.1 Å². The van der Waals surface area contributed by atoms with E-state index in [4.69, 9.17) is 28.9 Å². The van der Waals surface area contributed by atoms with Crippen LogP contribution in [0.5, 0.6) is 0 Å². The van der Waals surface area contributed by atoms with E-state index in [0.29, 0.717) is 23.1 Å². The Hall–Kier alpha value is -0.785. The first-order valence-corrected chi connectivity index (χ1v) is 9.51. The fraction of sp³-hybridized carbons (Fsp3) is 0.588. The highest BCUT2D eigenvalue weighted by Gasteiger charge is 2.48. The Kier molecular flexibility index (Phi) is 7.59. The van der Waals surface area contributed by atoms with E-state index in [0.717, 1.165) is 44.4 Å². The minimum Gasteiger partial charge on any atom is -0.480 e. The summed E-state index contributed by atoms with van der Waals surface area (Å²) in [6.45, 7) is 3.38. The van der Waals surface area contributed by atoms with Crippen molar-refractivity contribution in [2.24, 2.45) is 11.7 Å². The summed E-state index contributed by atoms with van der Waals surface area (Å²) in [5, 5.41) is 14.0. The normalized spacial score (nSPS) is 23.9. The maximum atomic E-state index is 11.6. The molecule has 1 aromatic carbocycles. The number of nitrogens with one attached hydrogen (secondary N) is 1. The number of carboxylic acids is 1. The van der Waals surface area contributed by atoms with Gasteiger partial charge in [0.05, 0.1) is 10.0 Å². The summed E-state index contributed by atoms with van der Waals surface area (Å²) in [4.78, 5) is 13.8. The second-order valence-corrected chi connectivity index (χ2v) is 7.66. The van der Waals surface area contributed by atoms with Gasteiger partial charge in [0.2, 0.25) is 0 Å². The second kappa shape index (κ2) is 9.24. The van der Waals surface area contributed by atoms with Gasteiger partial charge >= 0.3 is 5.97 Å². The van der Waals surface area contributed by atoms with E-state index in [1.54, 1.807) is 6.07 Å². The van der Waals surface area contributed by atoms with Crippen molar-refractivity contribution in [2.75, 3.05) is 26.2 Å². The molecule has 4 N–H and O–H groups in total. The molecule has 0 saturated carbocycles. The van der Waals surface area contributed by atoms with E-state index in [1.165, 1.54) is 0 Å². The first-order chi connectivity index (χ1) is 11.9. The lowest BCUT2D eigenvalue weighted by atomic mass is 9.83. The van der Waals surface area contributed by atoms with Crippen LogP contribution in [0.3, 0.4) is 0 Å². The summed E-state index contributed by atoms with van der Waals surface area (Å²) in [7, 11) is 2.11. The first kappa shape index (κ1) is 20.5. The van der Waals surface area contributed by atoms with Gasteiger partial charge in [-0.3, -0.25) is 9.69 Å². The van der Waals surface area contributed by atoms with Crippen molar-refractivity contribution in [1.82, 2.24) is 10.2 Å². The number of likely N-dealkylation sites (tertiary alicyclic amines) is 1. The molecule has 0 bridgehead atoms. The SMILES string of the molecule is BCCC[C@H]1CN(CCNCc2ccc(Cl)c(Cl)c2)C[C@@]1(N)C(=O)O. The van der Waals surface area contributed by atoms with E-state index < -0.39 is 11.5 Å². The van der Waals surface area contributed by atoms with Gasteiger partial charge in [0, 0.05) is 38.6 Å². The van der Waals surface area contributed by atoms with Crippen molar-refractivity contribution in [1.29, 1.82) is 0 Å². The number of halogens is 2. The smallest absolute Gasteiger partial charge is 0.325 e. The molecule has 25 heavy (non-hydrogen) atoms. The van der Waals surface area contributed by atoms with Crippen molar-refractivity contribution in [3.8, 4) is 0 Å². The number of nitrogens with zero attached hydrogens (tertiary/aromatic N) is 1. The van der Waals surface area contributed by atoms with E-state index >= 15 is 0 Å². The summed E-state index contributed by atoms with van der Waals surface area (Å²) in [5.74, 6) is -0.875. The Labute approximate surface area is 160 Å². The molecule has 0 unspecified atom stereocenters. The third-order valence-corrected chi connectivity index (χ3v) is 5.65. The Morgan fingerprint density at radius 3 is 2.84 bits per heavy atom. The molecule has 5 nitrogen and oxygen atoms in total. The number of benzene rings is 1. The topological polar surface area (TPSA) is 78.6 Å². The minimum absolute atomic E-state index is 0.0139. The zero-order chi connectivity index (χ0) is 18.4. The van der Waals surface area contributed by atoms with Crippen LogP contribution < -0.4 is 11.1 Å². The molecule has 1 aromatic rings. The van der Waals surface area contributed by atoms with Crippen molar-refractivity contribution in [2.45, 2.75) is 31.2 Å². The Bertz CT molecular complexity index is 605. The molecule has 0 aliphatic carbocycles. The molecule has 0 spiro atoms. The van der Waals surface area contributed by atoms with Crippen LogP contribution >= 0.6 is 23.2 Å². The van der Waals surface area contributed by atoms with Crippen LogP contribution in [-0.4, -0.2) is 55.5 Å².